The highest BCUT2D eigenvalue weighted by molar-refractivity contribution is 5.90. The van der Waals surface area contributed by atoms with E-state index in [0.29, 0.717) is 29.7 Å². The first-order valence-corrected chi connectivity index (χ1v) is 10.1. The summed E-state index contributed by atoms with van der Waals surface area (Å²) >= 11 is 0. The second-order valence-electron chi connectivity index (χ2n) is 7.88. The second-order valence-corrected chi connectivity index (χ2v) is 7.88. The molecule has 160 valence electrons. The summed E-state index contributed by atoms with van der Waals surface area (Å²) in [6.45, 7) is 4.48. The smallest absolute Gasteiger partial charge is 0.221 e. The molecule has 4 rings (SSSR count). The maximum Gasteiger partial charge on any atom is 0.221 e. The molecule has 3 aromatic rings. The van der Waals surface area contributed by atoms with E-state index in [0.717, 1.165) is 23.5 Å². The summed E-state index contributed by atoms with van der Waals surface area (Å²) in [6, 6.07) is 11.8. The molecule has 1 aliphatic heterocycles. The number of anilines is 2. The number of aliphatic hydroxyl groups is 1. The van der Waals surface area contributed by atoms with Gasteiger partial charge in [-0.15, -0.1) is 0 Å². The summed E-state index contributed by atoms with van der Waals surface area (Å²) in [5, 5.41) is 23.3. The van der Waals surface area contributed by atoms with Crippen LogP contribution in [0.15, 0.2) is 48.7 Å². The number of pyridine rings is 1. The Morgan fingerprint density at radius 1 is 1.16 bits per heavy atom. The standard InChI is InChI=1S/C24H24FN3O3/c1-14-9-19(16-3-4-22(21(25)11-16)27-15(2)29)24(31)20(10-14)17-5-7-26-23(12-17)28-8-6-18(30)13-28/h3-5,7,9-12,18,30-31H,6,8,13H2,1-2H3,(H,27,29). The highest BCUT2D eigenvalue weighted by Gasteiger charge is 2.22. The van der Waals surface area contributed by atoms with Gasteiger partial charge in [-0.3, -0.25) is 4.79 Å². The molecule has 3 N–H and O–H groups in total. The van der Waals surface area contributed by atoms with E-state index in [1.54, 1.807) is 18.3 Å². The zero-order chi connectivity index (χ0) is 22.1. The third-order valence-corrected chi connectivity index (χ3v) is 5.39. The Morgan fingerprint density at radius 2 is 1.87 bits per heavy atom. The van der Waals surface area contributed by atoms with Gasteiger partial charge in [0.05, 0.1) is 11.8 Å². The molecule has 2 heterocycles. The minimum atomic E-state index is -0.575. The monoisotopic (exact) mass is 421 g/mol. The maximum absolute atomic E-state index is 14.5. The SMILES string of the molecule is CC(=O)Nc1ccc(-c2cc(C)cc(-c3ccnc(N4CCC(O)C4)c3)c2O)cc1F. The average molecular weight is 421 g/mol. The number of β-amino-alcohol motifs (C(OH)–C–C–N with tert-alkyl or cyclic N) is 1. The fourth-order valence-electron chi connectivity index (χ4n) is 3.90. The molecule has 0 spiro atoms. The van der Waals surface area contributed by atoms with Gasteiger partial charge in [0.2, 0.25) is 5.91 Å². The van der Waals surface area contributed by atoms with Crippen LogP contribution in [0.25, 0.3) is 22.3 Å². The van der Waals surface area contributed by atoms with Gasteiger partial charge in [0.25, 0.3) is 0 Å². The molecular formula is C24H24FN3O3. The van der Waals surface area contributed by atoms with E-state index in [2.05, 4.69) is 10.3 Å². The summed E-state index contributed by atoms with van der Waals surface area (Å²) in [6.07, 6.45) is 2.02. The zero-order valence-corrected chi connectivity index (χ0v) is 17.4. The van der Waals surface area contributed by atoms with Crippen molar-refractivity contribution in [2.24, 2.45) is 0 Å². The van der Waals surface area contributed by atoms with Crippen molar-refractivity contribution in [2.45, 2.75) is 26.4 Å². The molecule has 7 heteroatoms. The lowest BCUT2D eigenvalue weighted by Crippen LogP contribution is -2.22. The number of carbonyl (C=O) groups excluding carboxylic acids is 1. The fourth-order valence-corrected chi connectivity index (χ4v) is 3.90. The minimum absolute atomic E-state index is 0.0379. The van der Waals surface area contributed by atoms with Gasteiger partial charge in [-0.05, 0) is 66.4 Å². The van der Waals surface area contributed by atoms with Crippen LogP contribution in [0.3, 0.4) is 0 Å². The number of aromatic nitrogens is 1. The number of halogens is 1. The third-order valence-electron chi connectivity index (χ3n) is 5.39. The number of amides is 1. The summed E-state index contributed by atoms with van der Waals surface area (Å²) < 4.78 is 14.5. The second kappa shape index (κ2) is 8.35. The number of nitrogens with zero attached hydrogens (tertiary/aromatic N) is 2. The number of nitrogens with one attached hydrogen (secondary N) is 1. The third kappa shape index (κ3) is 4.36. The van der Waals surface area contributed by atoms with Gasteiger partial charge < -0.3 is 20.4 Å². The van der Waals surface area contributed by atoms with Crippen LogP contribution in [0, 0.1) is 12.7 Å². The van der Waals surface area contributed by atoms with Crippen molar-refractivity contribution in [2.75, 3.05) is 23.3 Å². The molecule has 1 saturated heterocycles. The number of benzene rings is 2. The predicted octanol–water partition coefficient (Wildman–Crippen LogP) is 4.10. The number of phenols is 1. The van der Waals surface area contributed by atoms with E-state index in [9.17, 15) is 19.4 Å². The van der Waals surface area contributed by atoms with Gasteiger partial charge in [-0.2, -0.15) is 0 Å². The van der Waals surface area contributed by atoms with E-state index in [1.165, 1.54) is 19.1 Å². The molecule has 1 aliphatic rings. The maximum atomic E-state index is 14.5. The number of phenolic OH excluding ortho intramolecular Hbond substituents is 1. The molecule has 1 atom stereocenters. The molecular weight excluding hydrogens is 397 g/mol. The Balaban J connectivity index is 1.74. The Bertz CT molecular complexity index is 1150. The van der Waals surface area contributed by atoms with E-state index in [1.807, 2.05) is 30.0 Å². The van der Waals surface area contributed by atoms with Gasteiger partial charge in [-0.1, -0.05) is 6.07 Å². The molecule has 1 fully saturated rings. The fraction of sp³-hybridized carbons (Fsp3) is 0.250. The first-order valence-electron chi connectivity index (χ1n) is 10.1. The normalized spacial score (nSPS) is 15.9. The molecule has 0 aliphatic carbocycles. The number of aliphatic hydroxyl groups excluding tert-OH is 1. The quantitative estimate of drug-likeness (QED) is 0.591. The highest BCUT2D eigenvalue weighted by atomic mass is 19.1. The van der Waals surface area contributed by atoms with Crippen LogP contribution in [-0.2, 0) is 4.79 Å². The number of aryl methyl sites for hydroxylation is 1. The van der Waals surface area contributed by atoms with Crippen molar-refractivity contribution in [3.05, 3.63) is 60.0 Å². The molecule has 31 heavy (non-hydrogen) atoms. The first-order chi connectivity index (χ1) is 14.8. The Hall–Kier alpha value is -3.45. The van der Waals surface area contributed by atoms with Crippen molar-refractivity contribution in [3.8, 4) is 28.0 Å². The Labute approximate surface area is 180 Å². The molecule has 0 radical (unpaired) electrons. The van der Waals surface area contributed by atoms with Crippen LogP contribution < -0.4 is 10.2 Å². The zero-order valence-electron chi connectivity index (χ0n) is 17.4. The molecule has 2 aromatic carbocycles. The highest BCUT2D eigenvalue weighted by Crippen LogP contribution is 2.40. The van der Waals surface area contributed by atoms with Crippen molar-refractivity contribution in [1.82, 2.24) is 4.98 Å². The minimum Gasteiger partial charge on any atom is -0.507 e. The molecule has 1 aromatic heterocycles. The van der Waals surface area contributed by atoms with Gasteiger partial charge in [-0.25, -0.2) is 9.37 Å². The Morgan fingerprint density at radius 3 is 2.48 bits per heavy atom. The number of rotatable bonds is 4. The van der Waals surface area contributed by atoms with Crippen LogP contribution >= 0.6 is 0 Å². The van der Waals surface area contributed by atoms with Crippen LogP contribution in [-0.4, -0.2) is 40.3 Å². The molecule has 0 bridgehead atoms. The molecule has 1 unspecified atom stereocenters. The first kappa shape index (κ1) is 20.8. The summed E-state index contributed by atoms with van der Waals surface area (Å²) in [7, 11) is 0. The van der Waals surface area contributed by atoms with Crippen LogP contribution in [0.4, 0.5) is 15.9 Å². The lowest BCUT2D eigenvalue weighted by atomic mass is 9.95. The van der Waals surface area contributed by atoms with Crippen molar-refractivity contribution in [3.63, 3.8) is 0 Å². The van der Waals surface area contributed by atoms with Crippen LogP contribution in [0.1, 0.15) is 18.9 Å². The van der Waals surface area contributed by atoms with Gasteiger partial charge >= 0.3 is 0 Å². The number of hydrogen-bond donors (Lipinski definition) is 3. The van der Waals surface area contributed by atoms with Crippen molar-refractivity contribution in [1.29, 1.82) is 0 Å². The largest absolute Gasteiger partial charge is 0.507 e. The van der Waals surface area contributed by atoms with Gasteiger partial charge in [0.1, 0.15) is 17.4 Å². The summed E-state index contributed by atoms with van der Waals surface area (Å²) in [4.78, 5) is 17.6. The van der Waals surface area contributed by atoms with Crippen LogP contribution in [0.5, 0.6) is 5.75 Å². The van der Waals surface area contributed by atoms with Crippen LogP contribution in [0.2, 0.25) is 0 Å². The van der Waals surface area contributed by atoms with Gasteiger partial charge in [0.15, 0.2) is 0 Å². The summed E-state index contributed by atoms with van der Waals surface area (Å²) in [5.74, 6) is -0.154. The lowest BCUT2D eigenvalue weighted by molar-refractivity contribution is -0.114. The van der Waals surface area contributed by atoms with Crippen molar-refractivity contribution < 1.29 is 19.4 Å². The van der Waals surface area contributed by atoms with E-state index in [4.69, 9.17) is 0 Å². The number of hydrogen-bond acceptors (Lipinski definition) is 5. The number of carbonyl (C=O) groups is 1. The lowest BCUT2D eigenvalue weighted by Gasteiger charge is -2.18. The average Bonchev–Trinajstić information content (AvgIpc) is 3.17. The molecule has 6 nitrogen and oxygen atoms in total. The van der Waals surface area contributed by atoms with Crippen molar-refractivity contribution >= 4 is 17.4 Å². The van der Waals surface area contributed by atoms with E-state index >= 15 is 0 Å². The molecule has 0 saturated carbocycles. The van der Waals surface area contributed by atoms with E-state index in [-0.39, 0.29) is 23.4 Å². The predicted molar refractivity (Wildman–Crippen MR) is 119 cm³/mol. The topological polar surface area (TPSA) is 85.7 Å². The summed E-state index contributed by atoms with van der Waals surface area (Å²) in [5.41, 5.74) is 3.40. The van der Waals surface area contributed by atoms with E-state index < -0.39 is 5.82 Å². The molecule has 1 amide bonds. The Kier molecular flexibility index (Phi) is 5.61. The number of aromatic hydroxyl groups is 1. The van der Waals surface area contributed by atoms with Gasteiger partial charge in [0, 0.05) is 37.3 Å².